The van der Waals surface area contributed by atoms with Crippen LogP contribution in [0.4, 0.5) is 4.79 Å². The zero-order valence-electron chi connectivity index (χ0n) is 10.6. The van der Waals surface area contributed by atoms with E-state index in [4.69, 9.17) is 26.4 Å². The van der Waals surface area contributed by atoms with Crippen LogP contribution in [0.1, 0.15) is 5.56 Å². The van der Waals surface area contributed by atoms with Gasteiger partial charge in [-0.1, -0.05) is 36.3 Å². The molecule has 1 unspecified atom stereocenters. The number of hydrogen-bond acceptors (Lipinski definition) is 4. The summed E-state index contributed by atoms with van der Waals surface area (Å²) in [6, 6.07) is 9.66. The monoisotopic (exact) mass is 263 g/mol. The van der Waals surface area contributed by atoms with Crippen LogP contribution < -0.4 is 5.73 Å². The Balaban J connectivity index is 2.31. The van der Waals surface area contributed by atoms with Crippen LogP contribution in [0.2, 0.25) is 0 Å². The fraction of sp³-hybridized carbons (Fsp3) is 0.357. The molecule has 19 heavy (non-hydrogen) atoms. The van der Waals surface area contributed by atoms with Crippen LogP contribution in [-0.2, 0) is 20.8 Å². The zero-order valence-corrected chi connectivity index (χ0v) is 10.6. The number of rotatable bonds is 8. The lowest BCUT2D eigenvalue weighted by Gasteiger charge is -2.16. The van der Waals surface area contributed by atoms with Gasteiger partial charge in [-0.05, 0) is 5.56 Å². The van der Waals surface area contributed by atoms with E-state index in [1.54, 1.807) is 0 Å². The summed E-state index contributed by atoms with van der Waals surface area (Å²) in [5.74, 6) is 2.32. The van der Waals surface area contributed by atoms with Gasteiger partial charge in [0.25, 0.3) is 0 Å². The van der Waals surface area contributed by atoms with E-state index in [2.05, 4.69) is 5.92 Å². The fourth-order valence-electron chi connectivity index (χ4n) is 1.41. The van der Waals surface area contributed by atoms with Gasteiger partial charge in [-0.3, -0.25) is 0 Å². The lowest BCUT2D eigenvalue weighted by atomic mass is 10.2. The van der Waals surface area contributed by atoms with Gasteiger partial charge in [0, 0.05) is 0 Å². The number of nitrogens with two attached hydrogens (primary N) is 1. The molecule has 102 valence electrons. The van der Waals surface area contributed by atoms with E-state index in [1.807, 2.05) is 30.3 Å². The van der Waals surface area contributed by atoms with Crippen molar-refractivity contribution >= 4 is 6.09 Å². The molecule has 0 bridgehead atoms. The van der Waals surface area contributed by atoms with Gasteiger partial charge in [0.15, 0.2) is 6.10 Å². The van der Waals surface area contributed by atoms with Gasteiger partial charge in [-0.25, -0.2) is 4.79 Å². The Morgan fingerprint density at radius 1 is 1.26 bits per heavy atom. The van der Waals surface area contributed by atoms with E-state index in [0.717, 1.165) is 5.56 Å². The Kier molecular flexibility index (Phi) is 7.10. The molecule has 1 atom stereocenters. The number of primary amides is 1. The Morgan fingerprint density at radius 2 is 1.95 bits per heavy atom. The van der Waals surface area contributed by atoms with Crippen molar-refractivity contribution in [3.63, 3.8) is 0 Å². The number of benzene rings is 1. The normalized spacial score (nSPS) is 11.5. The number of amides is 1. The van der Waals surface area contributed by atoms with Crippen LogP contribution in [0.15, 0.2) is 30.3 Å². The van der Waals surface area contributed by atoms with E-state index < -0.39 is 12.2 Å². The molecule has 0 aromatic heterocycles. The van der Waals surface area contributed by atoms with Gasteiger partial charge in [0.2, 0.25) is 0 Å². The molecule has 1 rings (SSSR count). The standard InChI is InChI=1S/C14H17NO4/c1-2-8-17-10-13(19-14(15)16)11-18-9-12-6-4-3-5-7-12/h1,3-7,13H,8-11H2,(H2,15,16). The number of ether oxygens (including phenoxy) is 3. The molecular formula is C14H17NO4. The van der Waals surface area contributed by atoms with Crippen LogP contribution in [0, 0.1) is 12.3 Å². The molecule has 0 spiro atoms. The molecule has 0 fully saturated rings. The van der Waals surface area contributed by atoms with Gasteiger partial charge in [0.05, 0.1) is 19.8 Å². The van der Waals surface area contributed by atoms with Gasteiger partial charge < -0.3 is 19.9 Å². The molecule has 5 nitrogen and oxygen atoms in total. The summed E-state index contributed by atoms with van der Waals surface area (Å²) in [5.41, 5.74) is 6.00. The SMILES string of the molecule is C#CCOCC(COCc1ccccc1)OC(N)=O. The van der Waals surface area contributed by atoms with Crippen LogP contribution in [0.5, 0.6) is 0 Å². The van der Waals surface area contributed by atoms with E-state index in [-0.39, 0.29) is 19.8 Å². The summed E-state index contributed by atoms with van der Waals surface area (Å²) in [4.78, 5) is 10.7. The first-order valence-corrected chi connectivity index (χ1v) is 5.81. The van der Waals surface area contributed by atoms with E-state index in [1.165, 1.54) is 0 Å². The molecule has 1 amide bonds. The van der Waals surface area contributed by atoms with Crippen LogP contribution in [0.25, 0.3) is 0 Å². The molecule has 5 heteroatoms. The van der Waals surface area contributed by atoms with Gasteiger partial charge >= 0.3 is 6.09 Å². The average Bonchev–Trinajstić information content (AvgIpc) is 2.39. The zero-order chi connectivity index (χ0) is 13.9. The van der Waals surface area contributed by atoms with Gasteiger partial charge in [-0.15, -0.1) is 6.42 Å². The highest BCUT2D eigenvalue weighted by Crippen LogP contribution is 2.02. The summed E-state index contributed by atoms with van der Waals surface area (Å²) >= 11 is 0. The first kappa shape index (κ1) is 15.0. The topological polar surface area (TPSA) is 70.8 Å². The number of terminal acetylenes is 1. The minimum atomic E-state index is -0.863. The highest BCUT2D eigenvalue weighted by atomic mass is 16.6. The maximum atomic E-state index is 10.7. The minimum Gasteiger partial charge on any atom is -0.441 e. The summed E-state index contributed by atoms with van der Waals surface area (Å²) < 4.78 is 15.4. The van der Waals surface area contributed by atoms with Crippen molar-refractivity contribution in [3.05, 3.63) is 35.9 Å². The lowest BCUT2D eigenvalue weighted by molar-refractivity contribution is -0.0241. The molecule has 0 heterocycles. The van der Waals surface area contributed by atoms with Crippen LogP contribution in [0.3, 0.4) is 0 Å². The Morgan fingerprint density at radius 3 is 2.58 bits per heavy atom. The average molecular weight is 263 g/mol. The van der Waals surface area contributed by atoms with Gasteiger partial charge in [0.1, 0.15) is 6.61 Å². The molecule has 0 aliphatic carbocycles. The molecule has 1 aromatic carbocycles. The third kappa shape index (κ3) is 7.09. The molecule has 0 saturated heterocycles. The predicted octanol–water partition coefficient (Wildman–Crippen LogP) is 1.32. The van der Waals surface area contributed by atoms with Crippen molar-refractivity contribution in [1.29, 1.82) is 0 Å². The first-order valence-electron chi connectivity index (χ1n) is 5.81. The smallest absolute Gasteiger partial charge is 0.404 e. The first-order chi connectivity index (χ1) is 9.22. The maximum Gasteiger partial charge on any atom is 0.404 e. The molecule has 0 aliphatic rings. The second kappa shape index (κ2) is 8.97. The third-order valence-corrected chi connectivity index (χ3v) is 2.19. The molecule has 2 N–H and O–H groups in total. The van der Waals surface area contributed by atoms with Crippen LogP contribution in [-0.4, -0.2) is 32.0 Å². The second-order valence-corrected chi connectivity index (χ2v) is 3.78. The van der Waals surface area contributed by atoms with Crippen molar-refractivity contribution in [2.24, 2.45) is 5.73 Å². The summed E-state index contributed by atoms with van der Waals surface area (Å²) in [5, 5.41) is 0. The molecule has 1 aromatic rings. The molecule has 0 radical (unpaired) electrons. The quantitative estimate of drug-likeness (QED) is 0.567. The second-order valence-electron chi connectivity index (χ2n) is 3.78. The van der Waals surface area contributed by atoms with Crippen molar-refractivity contribution in [3.8, 4) is 12.3 Å². The van der Waals surface area contributed by atoms with Crippen LogP contribution >= 0.6 is 0 Å². The van der Waals surface area contributed by atoms with Crippen molar-refractivity contribution in [2.45, 2.75) is 12.7 Å². The Labute approximate surface area is 112 Å². The van der Waals surface area contributed by atoms with E-state index in [0.29, 0.717) is 6.61 Å². The largest absolute Gasteiger partial charge is 0.441 e. The summed E-state index contributed by atoms with van der Waals surface area (Å²) in [6.45, 7) is 0.927. The summed E-state index contributed by atoms with van der Waals surface area (Å²) in [6.07, 6.45) is 3.63. The number of hydrogen-bond donors (Lipinski definition) is 1. The number of carbonyl (C=O) groups is 1. The highest BCUT2D eigenvalue weighted by molar-refractivity contribution is 5.64. The van der Waals surface area contributed by atoms with Crippen molar-refractivity contribution in [1.82, 2.24) is 0 Å². The van der Waals surface area contributed by atoms with Gasteiger partial charge in [-0.2, -0.15) is 0 Å². The minimum absolute atomic E-state index is 0.150. The van der Waals surface area contributed by atoms with Crippen molar-refractivity contribution in [2.75, 3.05) is 19.8 Å². The number of carbonyl (C=O) groups excluding carboxylic acids is 1. The predicted molar refractivity (Wildman–Crippen MR) is 70.2 cm³/mol. The fourth-order valence-corrected chi connectivity index (χ4v) is 1.41. The van der Waals surface area contributed by atoms with E-state index in [9.17, 15) is 4.79 Å². The maximum absolute atomic E-state index is 10.7. The van der Waals surface area contributed by atoms with E-state index >= 15 is 0 Å². The lowest BCUT2D eigenvalue weighted by Crippen LogP contribution is -2.31. The summed E-state index contributed by atoms with van der Waals surface area (Å²) in [7, 11) is 0. The Bertz CT molecular complexity index is 413. The molecular weight excluding hydrogens is 246 g/mol. The highest BCUT2D eigenvalue weighted by Gasteiger charge is 2.13. The van der Waals surface area contributed by atoms with Crippen molar-refractivity contribution < 1.29 is 19.0 Å². The molecule has 0 aliphatic heterocycles. The molecule has 0 saturated carbocycles. The third-order valence-electron chi connectivity index (χ3n) is 2.19. The Hall–Kier alpha value is -2.03.